The zero-order chi connectivity index (χ0) is 25.4. The van der Waals surface area contributed by atoms with Crippen LogP contribution in [0.15, 0.2) is 54.1 Å². The van der Waals surface area contributed by atoms with Crippen LogP contribution >= 0.6 is 0 Å². The van der Waals surface area contributed by atoms with E-state index < -0.39 is 17.7 Å². The third kappa shape index (κ3) is 5.85. The van der Waals surface area contributed by atoms with Crippen molar-refractivity contribution in [2.45, 2.75) is 40.2 Å². The van der Waals surface area contributed by atoms with Crippen LogP contribution in [0.3, 0.4) is 0 Å². The minimum atomic E-state index is -0.721. The van der Waals surface area contributed by atoms with Gasteiger partial charge in [-0.3, -0.25) is 9.59 Å². The maximum Gasteiger partial charge on any atom is 0.295 e. The number of likely N-dealkylation sites (tertiary alicyclic amines) is 1. The molecule has 0 bridgehead atoms. The van der Waals surface area contributed by atoms with Crippen molar-refractivity contribution in [1.82, 2.24) is 9.80 Å². The van der Waals surface area contributed by atoms with Crippen molar-refractivity contribution in [2.75, 3.05) is 39.4 Å². The maximum absolute atomic E-state index is 13.2. The number of carbonyl (C=O) groups excluding carboxylic acids is 2. The summed E-state index contributed by atoms with van der Waals surface area (Å²) in [6.07, 6.45) is 0.714. The van der Waals surface area contributed by atoms with Gasteiger partial charge in [0.1, 0.15) is 5.76 Å². The van der Waals surface area contributed by atoms with Crippen molar-refractivity contribution in [2.24, 2.45) is 0 Å². The van der Waals surface area contributed by atoms with Gasteiger partial charge in [0, 0.05) is 12.1 Å². The van der Waals surface area contributed by atoms with E-state index in [2.05, 4.69) is 18.7 Å². The molecule has 2 aromatic carbocycles. The molecule has 0 aromatic heterocycles. The fourth-order valence-electron chi connectivity index (χ4n) is 4.45. The molecule has 0 spiro atoms. The first kappa shape index (κ1) is 26.3. The molecule has 3 rings (SSSR count). The minimum Gasteiger partial charge on any atom is -0.507 e. The molecular formula is C28H36N2O5. The molecule has 35 heavy (non-hydrogen) atoms. The predicted octanol–water partition coefficient (Wildman–Crippen LogP) is 4.64. The van der Waals surface area contributed by atoms with Crippen LogP contribution in [0, 0.1) is 0 Å². The Labute approximate surface area is 207 Å². The second-order valence-electron chi connectivity index (χ2n) is 8.31. The van der Waals surface area contributed by atoms with Crippen molar-refractivity contribution in [3.63, 3.8) is 0 Å². The first-order chi connectivity index (χ1) is 17.0. The molecule has 1 amide bonds. The van der Waals surface area contributed by atoms with Crippen LogP contribution in [-0.4, -0.2) is 66.0 Å². The van der Waals surface area contributed by atoms with Crippen molar-refractivity contribution >= 4 is 17.4 Å². The Morgan fingerprint density at radius 3 is 2.23 bits per heavy atom. The van der Waals surface area contributed by atoms with Gasteiger partial charge in [-0.05, 0) is 57.6 Å². The number of hydrogen-bond acceptors (Lipinski definition) is 6. The van der Waals surface area contributed by atoms with Crippen molar-refractivity contribution in [1.29, 1.82) is 0 Å². The van der Waals surface area contributed by atoms with E-state index >= 15 is 0 Å². The Hall–Kier alpha value is -3.32. The molecule has 0 saturated carbocycles. The Morgan fingerprint density at radius 1 is 0.943 bits per heavy atom. The van der Waals surface area contributed by atoms with E-state index in [0.29, 0.717) is 48.8 Å². The third-order valence-electron chi connectivity index (χ3n) is 6.24. The number of hydrogen-bond donors (Lipinski definition) is 1. The highest BCUT2D eigenvalue weighted by molar-refractivity contribution is 6.46. The molecule has 1 heterocycles. The van der Waals surface area contributed by atoms with E-state index in [-0.39, 0.29) is 11.3 Å². The molecule has 0 radical (unpaired) electrons. The molecule has 1 N–H and O–H groups in total. The number of benzene rings is 2. The predicted molar refractivity (Wildman–Crippen MR) is 137 cm³/mol. The van der Waals surface area contributed by atoms with Gasteiger partial charge in [0.25, 0.3) is 11.7 Å². The number of ether oxygens (including phenoxy) is 2. The summed E-state index contributed by atoms with van der Waals surface area (Å²) in [4.78, 5) is 30.3. The highest BCUT2D eigenvalue weighted by Crippen LogP contribution is 2.42. The van der Waals surface area contributed by atoms with Gasteiger partial charge < -0.3 is 24.4 Å². The smallest absolute Gasteiger partial charge is 0.295 e. The number of carbonyl (C=O) groups is 2. The number of rotatable bonds is 12. The summed E-state index contributed by atoms with van der Waals surface area (Å²) in [5.74, 6) is -0.308. The van der Waals surface area contributed by atoms with E-state index in [1.165, 1.54) is 0 Å². The van der Waals surface area contributed by atoms with Crippen LogP contribution in [0.2, 0.25) is 0 Å². The van der Waals surface area contributed by atoms with Gasteiger partial charge in [0.05, 0.1) is 24.8 Å². The van der Waals surface area contributed by atoms with Gasteiger partial charge in [-0.15, -0.1) is 0 Å². The SMILES string of the molecule is CCOc1ccc([C@H]2/C(=C(\O)c3ccccc3)C(=O)C(=O)N2CCCN(CC)CC)cc1OCC. The lowest BCUT2D eigenvalue weighted by Gasteiger charge is -2.27. The zero-order valence-corrected chi connectivity index (χ0v) is 21.1. The summed E-state index contributed by atoms with van der Waals surface area (Å²) >= 11 is 0. The van der Waals surface area contributed by atoms with E-state index in [1.807, 2.05) is 26.0 Å². The van der Waals surface area contributed by atoms with E-state index in [0.717, 1.165) is 19.6 Å². The fraction of sp³-hybridized carbons (Fsp3) is 0.429. The van der Waals surface area contributed by atoms with E-state index in [4.69, 9.17) is 9.47 Å². The van der Waals surface area contributed by atoms with E-state index in [9.17, 15) is 14.7 Å². The van der Waals surface area contributed by atoms with Gasteiger partial charge >= 0.3 is 0 Å². The quantitative estimate of drug-likeness (QED) is 0.271. The number of amides is 1. The molecule has 1 saturated heterocycles. The summed E-state index contributed by atoms with van der Waals surface area (Å²) in [6.45, 7) is 12.0. The number of aliphatic hydroxyl groups excluding tert-OH is 1. The van der Waals surface area contributed by atoms with Crippen LogP contribution in [0.4, 0.5) is 0 Å². The number of ketones is 1. The molecule has 1 atom stereocenters. The average molecular weight is 481 g/mol. The van der Waals surface area contributed by atoms with Crippen LogP contribution in [0.25, 0.3) is 5.76 Å². The fourth-order valence-corrected chi connectivity index (χ4v) is 4.45. The monoisotopic (exact) mass is 480 g/mol. The standard InChI is InChI=1S/C28H36N2O5/c1-5-29(6-2)17-12-18-30-25(21-15-16-22(34-7-3)23(19-21)35-8-4)24(27(32)28(30)33)26(31)20-13-10-9-11-14-20/h9-11,13-16,19,25,31H,5-8,12,17-18H2,1-4H3/b26-24+/t25-/m0/s1. The van der Waals surface area contributed by atoms with Crippen LogP contribution in [0.1, 0.15) is 51.3 Å². The Balaban J connectivity index is 2.08. The Bertz CT molecular complexity index is 1050. The molecular weight excluding hydrogens is 444 g/mol. The topological polar surface area (TPSA) is 79.3 Å². The van der Waals surface area contributed by atoms with Crippen molar-refractivity contribution < 1.29 is 24.2 Å². The second-order valence-corrected chi connectivity index (χ2v) is 8.31. The van der Waals surface area contributed by atoms with E-state index in [1.54, 1.807) is 41.3 Å². The number of nitrogens with zero attached hydrogens (tertiary/aromatic N) is 2. The third-order valence-corrected chi connectivity index (χ3v) is 6.24. The summed E-state index contributed by atoms with van der Waals surface area (Å²) in [5.41, 5.74) is 1.28. The van der Waals surface area contributed by atoms with Gasteiger partial charge in [-0.1, -0.05) is 50.2 Å². The van der Waals surface area contributed by atoms with Crippen LogP contribution in [0.5, 0.6) is 11.5 Å². The summed E-state index contributed by atoms with van der Waals surface area (Å²) in [6, 6.07) is 13.6. The van der Waals surface area contributed by atoms with Crippen LogP contribution < -0.4 is 9.47 Å². The highest BCUT2D eigenvalue weighted by atomic mass is 16.5. The molecule has 0 unspecified atom stereocenters. The summed E-state index contributed by atoms with van der Waals surface area (Å²) in [7, 11) is 0. The second kappa shape index (κ2) is 12.4. The molecule has 1 aliphatic rings. The largest absolute Gasteiger partial charge is 0.507 e. The Kier molecular flexibility index (Phi) is 9.32. The maximum atomic E-state index is 13.2. The molecule has 0 aliphatic carbocycles. The van der Waals surface area contributed by atoms with Crippen LogP contribution in [-0.2, 0) is 9.59 Å². The number of aliphatic hydroxyl groups is 1. The average Bonchev–Trinajstić information content (AvgIpc) is 3.13. The Morgan fingerprint density at radius 2 is 1.60 bits per heavy atom. The number of Topliss-reactive ketones (excluding diaryl/α,β-unsaturated/α-hetero) is 1. The van der Waals surface area contributed by atoms with Gasteiger partial charge in [-0.25, -0.2) is 0 Å². The lowest BCUT2D eigenvalue weighted by atomic mass is 9.95. The van der Waals surface area contributed by atoms with Crippen molar-refractivity contribution in [3.8, 4) is 11.5 Å². The molecule has 188 valence electrons. The molecule has 1 fully saturated rings. The molecule has 2 aromatic rings. The van der Waals surface area contributed by atoms with Gasteiger partial charge in [0.2, 0.25) is 0 Å². The highest BCUT2D eigenvalue weighted by Gasteiger charge is 2.46. The summed E-state index contributed by atoms with van der Waals surface area (Å²) < 4.78 is 11.5. The molecule has 7 nitrogen and oxygen atoms in total. The lowest BCUT2D eigenvalue weighted by molar-refractivity contribution is -0.140. The van der Waals surface area contributed by atoms with Gasteiger partial charge in [-0.2, -0.15) is 0 Å². The summed E-state index contributed by atoms with van der Waals surface area (Å²) in [5, 5.41) is 11.2. The van der Waals surface area contributed by atoms with Crippen molar-refractivity contribution in [3.05, 3.63) is 65.2 Å². The first-order valence-electron chi connectivity index (χ1n) is 12.4. The van der Waals surface area contributed by atoms with Gasteiger partial charge in [0.15, 0.2) is 11.5 Å². The molecule has 1 aliphatic heterocycles. The zero-order valence-electron chi connectivity index (χ0n) is 21.1. The lowest BCUT2D eigenvalue weighted by Crippen LogP contribution is -2.33. The normalized spacial score (nSPS) is 17.3. The minimum absolute atomic E-state index is 0.0932. The first-order valence-corrected chi connectivity index (χ1v) is 12.4. The molecule has 7 heteroatoms.